The maximum absolute atomic E-state index is 12.6. The molecule has 7 heteroatoms. The minimum absolute atomic E-state index is 0.253. The molecule has 3 heterocycles. The van der Waals surface area contributed by atoms with E-state index in [4.69, 9.17) is 0 Å². The van der Waals surface area contributed by atoms with Crippen molar-refractivity contribution in [3.05, 3.63) is 23.9 Å². The molecule has 0 aliphatic carbocycles. The van der Waals surface area contributed by atoms with Gasteiger partial charge < -0.3 is 4.90 Å². The maximum atomic E-state index is 12.6. The number of hydrogen-bond donors (Lipinski definition) is 1. The molecular formula is C14H16N4O3. The number of piperidine rings is 1. The number of imide groups is 1. The van der Waals surface area contributed by atoms with Crippen molar-refractivity contribution in [2.45, 2.75) is 25.3 Å². The molecule has 7 nitrogen and oxygen atoms in total. The fourth-order valence-electron chi connectivity index (χ4n) is 2.77. The topological polar surface area (TPSA) is 82.6 Å². The summed E-state index contributed by atoms with van der Waals surface area (Å²) in [5.41, 5.74) is 1.03. The Kier molecular flexibility index (Phi) is 3.32. The molecule has 2 aliphatic rings. The van der Waals surface area contributed by atoms with Crippen LogP contribution in [0.3, 0.4) is 0 Å². The average molecular weight is 288 g/mol. The highest BCUT2D eigenvalue weighted by atomic mass is 16.2. The third-order valence-electron chi connectivity index (χ3n) is 3.94. The van der Waals surface area contributed by atoms with E-state index >= 15 is 0 Å². The molecule has 1 saturated heterocycles. The summed E-state index contributed by atoms with van der Waals surface area (Å²) in [6.45, 7) is 0.558. The number of pyridine rings is 1. The van der Waals surface area contributed by atoms with E-state index in [0.29, 0.717) is 18.8 Å². The second-order valence-electron chi connectivity index (χ2n) is 5.25. The second kappa shape index (κ2) is 5.16. The van der Waals surface area contributed by atoms with E-state index < -0.39 is 11.9 Å². The van der Waals surface area contributed by atoms with Crippen molar-refractivity contribution in [2.24, 2.45) is 0 Å². The highest BCUT2D eigenvalue weighted by Gasteiger charge is 2.36. The molecule has 1 aromatic rings. The fraction of sp³-hybridized carbons (Fsp3) is 0.429. The number of nitrogens with zero attached hydrogens (tertiary/aromatic N) is 3. The first-order valence-electron chi connectivity index (χ1n) is 6.90. The van der Waals surface area contributed by atoms with Gasteiger partial charge in [0, 0.05) is 26.2 Å². The number of anilines is 1. The van der Waals surface area contributed by atoms with Crippen LogP contribution in [-0.4, -0.2) is 47.4 Å². The van der Waals surface area contributed by atoms with Gasteiger partial charge in [-0.3, -0.25) is 19.8 Å². The lowest BCUT2D eigenvalue weighted by atomic mass is 10.1. The van der Waals surface area contributed by atoms with Crippen LogP contribution >= 0.6 is 0 Å². The summed E-state index contributed by atoms with van der Waals surface area (Å²) < 4.78 is 0. The SMILES string of the molecule is CN(C(=O)N1CCc2cccnc21)C1CCC(=O)NC1=O. The molecule has 1 unspecified atom stereocenters. The van der Waals surface area contributed by atoms with Crippen molar-refractivity contribution in [2.75, 3.05) is 18.5 Å². The van der Waals surface area contributed by atoms with Crippen LogP contribution in [0.1, 0.15) is 18.4 Å². The fourth-order valence-corrected chi connectivity index (χ4v) is 2.77. The molecule has 0 saturated carbocycles. The number of carbonyl (C=O) groups is 3. The highest BCUT2D eigenvalue weighted by molar-refractivity contribution is 6.03. The number of hydrogen-bond acceptors (Lipinski definition) is 4. The summed E-state index contributed by atoms with van der Waals surface area (Å²) in [4.78, 5) is 42.8. The second-order valence-corrected chi connectivity index (χ2v) is 5.25. The molecule has 3 rings (SSSR count). The summed E-state index contributed by atoms with van der Waals surface area (Å²) in [7, 11) is 1.59. The lowest BCUT2D eigenvalue weighted by Gasteiger charge is -2.32. The smallest absolute Gasteiger partial charge is 0.315 e. The van der Waals surface area contributed by atoms with Crippen LogP contribution in [-0.2, 0) is 16.0 Å². The third-order valence-corrected chi connectivity index (χ3v) is 3.94. The van der Waals surface area contributed by atoms with E-state index in [9.17, 15) is 14.4 Å². The van der Waals surface area contributed by atoms with Gasteiger partial charge in [-0.05, 0) is 24.5 Å². The largest absolute Gasteiger partial charge is 0.326 e. The third kappa shape index (κ3) is 2.35. The zero-order valence-corrected chi connectivity index (χ0v) is 11.7. The Morgan fingerprint density at radius 2 is 2.24 bits per heavy atom. The molecule has 110 valence electrons. The zero-order valence-electron chi connectivity index (χ0n) is 11.7. The molecule has 0 bridgehead atoms. The van der Waals surface area contributed by atoms with Crippen molar-refractivity contribution in [1.82, 2.24) is 15.2 Å². The molecule has 2 aliphatic heterocycles. The monoisotopic (exact) mass is 288 g/mol. The van der Waals surface area contributed by atoms with Crippen LogP contribution < -0.4 is 10.2 Å². The van der Waals surface area contributed by atoms with Gasteiger partial charge in [0.1, 0.15) is 11.9 Å². The van der Waals surface area contributed by atoms with Gasteiger partial charge in [-0.2, -0.15) is 0 Å². The van der Waals surface area contributed by atoms with Gasteiger partial charge in [0.25, 0.3) is 0 Å². The Balaban J connectivity index is 1.77. The Bertz CT molecular complexity index is 616. The number of nitrogens with one attached hydrogen (secondary N) is 1. The van der Waals surface area contributed by atoms with Crippen molar-refractivity contribution >= 4 is 23.7 Å². The number of likely N-dealkylation sites (N-methyl/N-ethyl adjacent to an activating group) is 1. The number of fused-ring (bicyclic) bond motifs is 1. The van der Waals surface area contributed by atoms with Crippen molar-refractivity contribution in [3.8, 4) is 0 Å². The Hall–Kier alpha value is -2.44. The lowest BCUT2D eigenvalue weighted by Crippen LogP contribution is -2.55. The number of rotatable bonds is 1. The van der Waals surface area contributed by atoms with Crippen LogP contribution in [0.25, 0.3) is 0 Å². The van der Waals surface area contributed by atoms with Gasteiger partial charge in [-0.25, -0.2) is 9.78 Å². The molecular weight excluding hydrogens is 272 g/mol. The van der Waals surface area contributed by atoms with Crippen LogP contribution in [0.4, 0.5) is 10.6 Å². The molecule has 0 spiro atoms. The normalized spacial score (nSPS) is 21.0. The molecule has 1 fully saturated rings. The summed E-state index contributed by atoms with van der Waals surface area (Å²) in [5.74, 6) is -0.0468. The first kappa shape index (κ1) is 13.5. The van der Waals surface area contributed by atoms with Crippen LogP contribution in [0.2, 0.25) is 0 Å². The van der Waals surface area contributed by atoms with E-state index in [-0.39, 0.29) is 18.4 Å². The predicted molar refractivity (Wildman–Crippen MR) is 74.6 cm³/mol. The van der Waals surface area contributed by atoms with Crippen LogP contribution in [0.15, 0.2) is 18.3 Å². The van der Waals surface area contributed by atoms with Gasteiger partial charge in [-0.15, -0.1) is 0 Å². The predicted octanol–water partition coefficient (Wildman–Crippen LogP) is 0.301. The average Bonchev–Trinajstić information content (AvgIpc) is 2.90. The molecule has 1 atom stereocenters. The number of carbonyl (C=O) groups excluding carboxylic acids is 3. The van der Waals surface area contributed by atoms with E-state index in [1.165, 1.54) is 4.90 Å². The molecule has 4 amide bonds. The van der Waals surface area contributed by atoms with Gasteiger partial charge in [0.15, 0.2) is 0 Å². The summed E-state index contributed by atoms with van der Waals surface area (Å²) in [6.07, 6.45) is 3.02. The minimum Gasteiger partial charge on any atom is -0.315 e. The summed E-state index contributed by atoms with van der Waals surface area (Å²) in [6, 6.07) is 2.92. The summed E-state index contributed by atoms with van der Waals surface area (Å²) in [5, 5.41) is 2.27. The van der Waals surface area contributed by atoms with Gasteiger partial charge in [0.05, 0.1) is 0 Å². The number of aromatic nitrogens is 1. The van der Waals surface area contributed by atoms with Gasteiger partial charge in [-0.1, -0.05) is 6.07 Å². The Morgan fingerprint density at radius 3 is 3.00 bits per heavy atom. The van der Waals surface area contributed by atoms with E-state index in [1.807, 2.05) is 12.1 Å². The first-order chi connectivity index (χ1) is 10.1. The quantitative estimate of drug-likeness (QED) is 0.754. The highest BCUT2D eigenvalue weighted by Crippen LogP contribution is 2.26. The lowest BCUT2D eigenvalue weighted by molar-refractivity contribution is -0.136. The molecule has 1 N–H and O–H groups in total. The Morgan fingerprint density at radius 1 is 1.43 bits per heavy atom. The summed E-state index contributed by atoms with van der Waals surface area (Å²) >= 11 is 0. The zero-order chi connectivity index (χ0) is 15.0. The molecule has 0 aromatic carbocycles. The van der Waals surface area contributed by atoms with E-state index in [2.05, 4.69) is 10.3 Å². The van der Waals surface area contributed by atoms with E-state index in [1.54, 1.807) is 18.1 Å². The van der Waals surface area contributed by atoms with Gasteiger partial charge >= 0.3 is 6.03 Å². The van der Waals surface area contributed by atoms with E-state index in [0.717, 1.165) is 12.0 Å². The van der Waals surface area contributed by atoms with Crippen molar-refractivity contribution < 1.29 is 14.4 Å². The number of amides is 4. The maximum Gasteiger partial charge on any atom is 0.326 e. The first-order valence-corrected chi connectivity index (χ1v) is 6.90. The minimum atomic E-state index is -0.608. The van der Waals surface area contributed by atoms with Crippen LogP contribution in [0, 0.1) is 0 Å². The molecule has 0 radical (unpaired) electrons. The van der Waals surface area contributed by atoms with Gasteiger partial charge in [0.2, 0.25) is 11.8 Å². The Labute approximate surface area is 121 Å². The van der Waals surface area contributed by atoms with Crippen molar-refractivity contribution in [1.29, 1.82) is 0 Å². The number of urea groups is 1. The van der Waals surface area contributed by atoms with Crippen molar-refractivity contribution in [3.63, 3.8) is 0 Å². The molecule has 1 aromatic heterocycles. The standard InChI is InChI=1S/C14H16N4O3/c1-17(10-4-5-11(19)16-13(10)20)14(21)18-8-6-9-3-2-7-15-12(9)18/h2-3,7,10H,4-6,8H2,1H3,(H,16,19,20). The van der Waals surface area contributed by atoms with Crippen LogP contribution in [0.5, 0.6) is 0 Å². The molecule has 21 heavy (non-hydrogen) atoms.